The Morgan fingerprint density at radius 3 is 2.65 bits per heavy atom. The zero-order chi connectivity index (χ0) is 13.1. The summed E-state index contributed by atoms with van der Waals surface area (Å²) in [6, 6.07) is 5.33. The minimum absolute atomic E-state index is 0.0143. The average molecular weight is 258 g/mol. The molecular formula is C10H14N2O4S. The van der Waals surface area contributed by atoms with Crippen LogP contribution in [0.3, 0.4) is 0 Å². The Balaban J connectivity index is 2.90. The molecule has 0 fully saturated rings. The Kier molecular flexibility index (Phi) is 4.08. The third-order valence-electron chi connectivity index (χ3n) is 2.10. The highest BCUT2D eigenvalue weighted by Gasteiger charge is 2.14. The van der Waals surface area contributed by atoms with E-state index >= 15 is 0 Å². The van der Waals surface area contributed by atoms with Gasteiger partial charge in [-0.3, -0.25) is 0 Å². The van der Waals surface area contributed by atoms with Crippen LogP contribution in [-0.4, -0.2) is 27.5 Å². The number of ether oxygens (including phenoxy) is 1. The van der Waals surface area contributed by atoms with Gasteiger partial charge in [-0.1, -0.05) is 6.07 Å². The van der Waals surface area contributed by atoms with Gasteiger partial charge < -0.3 is 10.1 Å². The Morgan fingerprint density at radius 2 is 2.12 bits per heavy atom. The van der Waals surface area contributed by atoms with Crippen molar-refractivity contribution in [2.75, 3.05) is 12.4 Å². The van der Waals surface area contributed by atoms with Crippen molar-refractivity contribution < 1.29 is 17.9 Å². The normalized spacial score (nSPS) is 12.9. The Morgan fingerprint density at radius 1 is 1.47 bits per heavy atom. The molecule has 1 atom stereocenters. The molecule has 1 aromatic carbocycles. The van der Waals surface area contributed by atoms with E-state index in [0.717, 1.165) is 0 Å². The molecule has 0 amide bonds. The van der Waals surface area contributed by atoms with Crippen LogP contribution in [0.15, 0.2) is 29.2 Å². The number of rotatable bonds is 4. The predicted molar refractivity (Wildman–Crippen MR) is 62.9 cm³/mol. The van der Waals surface area contributed by atoms with Gasteiger partial charge in [0.05, 0.1) is 12.0 Å². The van der Waals surface area contributed by atoms with Crippen molar-refractivity contribution in [1.29, 1.82) is 0 Å². The van der Waals surface area contributed by atoms with Gasteiger partial charge >= 0.3 is 5.97 Å². The molecule has 0 aliphatic carbocycles. The summed E-state index contributed by atoms with van der Waals surface area (Å²) < 4.78 is 26.8. The van der Waals surface area contributed by atoms with Gasteiger partial charge in [0.25, 0.3) is 0 Å². The molecule has 0 aromatic heterocycles. The number of carbonyl (C=O) groups is 1. The first-order chi connectivity index (χ1) is 7.84. The van der Waals surface area contributed by atoms with Crippen LogP contribution in [0.2, 0.25) is 0 Å². The zero-order valence-electron chi connectivity index (χ0n) is 9.51. The van der Waals surface area contributed by atoms with E-state index in [2.05, 4.69) is 10.1 Å². The lowest BCUT2D eigenvalue weighted by atomic mass is 10.2. The Labute approximate surface area is 99.8 Å². The zero-order valence-corrected chi connectivity index (χ0v) is 10.3. The number of esters is 1. The lowest BCUT2D eigenvalue weighted by Crippen LogP contribution is -2.27. The smallest absolute Gasteiger partial charge is 0.327 e. The van der Waals surface area contributed by atoms with Crippen molar-refractivity contribution in [3.63, 3.8) is 0 Å². The van der Waals surface area contributed by atoms with E-state index in [1.165, 1.54) is 25.3 Å². The van der Waals surface area contributed by atoms with Crippen molar-refractivity contribution in [1.82, 2.24) is 0 Å². The lowest BCUT2D eigenvalue weighted by molar-refractivity contribution is -0.141. The van der Waals surface area contributed by atoms with E-state index in [4.69, 9.17) is 5.14 Å². The van der Waals surface area contributed by atoms with Gasteiger partial charge in [-0.25, -0.2) is 18.4 Å². The van der Waals surface area contributed by atoms with E-state index in [9.17, 15) is 13.2 Å². The van der Waals surface area contributed by atoms with E-state index in [0.29, 0.717) is 5.69 Å². The molecule has 0 saturated heterocycles. The van der Waals surface area contributed by atoms with Gasteiger partial charge in [0.2, 0.25) is 10.0 Å². The average Bonchev–Trinajstić information content (AvgIpc) is 2.27. The van der Waals surface area contributed by atoms with Crippen molar-refractivity contribution >= 4 is 21.7 Å². The largest absolute Gasteiger partial charge is 0.467 e. The van der Waals surface area contributed by atoms with Crippen molar-refractivity contribution in [3.05, 3.63) is 24.3 Å². The van der Waals surface area contributed by atoms with Gasteiger partial charge in [0.15, 0.2) is 0 Å². The van der Waals surface area contributed by atoms with Crippen molar-refractivity contribution in [2.45, 2.75) is 17.9 Å². The van der Waals surface area contributed by atoms with E-state index in [1.54, 1.807) is 13.0 Å². The molecule has 0 aliphatic heterocycles. The maximum Gasteiger partial charge on any atom is 0.327 e. The first-order valence-corrected chi connectivity index (χ1v) is 6.36. The second-order valence-corrected chi connectivity index (χ2v) is 5.02. The first kappa shape index (κ1) is 13.5. The van der Waals surface area contributed by atoms with Crippen LogP contribution in [0.25, 0.3) is 0 Å². The second-order valence-electron chi connectivity index (χ2n) is 3.46. The van der Waals surface area contributed by atoms with Crippen LogP contribution in [0.5, 0.6) is 0 Å². The molecule has 0 aliphatic rings. The van der Waals surface area contributed by atoms with Crippen LogP contribution in [0.1, 0.15) is 6.92 Å². The summed E-state index contributed by atoms with van der Waals surface area (Å²) in [5, 5.41) is 7.81. The summed E-state index contributed by atoms with van der Waals surface area (Å²) in [7, 11) is -2.46. The van der Waals surface area contributed by atoms with Crippen LogP contribution < -0.4 is 10.5 Å². The predicted octanol–water partition coefficient (Wildman–Crippen LogP) is 0.307. The van der Waals surface area contributed by atoms with Crippen molar-refractivity contribution in [2.24, 2.45) is 5.14 Å². The molecule has 0 bridgehead atoms. The quantitative estimate of drug-likeness (QED) is 0.757. The van der Waals surface area contributed by atoms with Gasteiger partial charge in [0, 0.05) is 5.69 Å². The maximum atomic E-state index is 11.2. The molecule has 1 rings (SSSR count). The molecular weight excluding hydrogens is 244 g/mol. The summed E-state index contributed by atoms with van der Waals surface area (Å²) in [6.07, 6.45) is 0. The number of primary sulfonamides is 1. The molecule has 1 unspecified atom stereocenters. The molecule has 94 valence electrons. The summed E-state index contributed by atoms with van der Waals surface area (Å²) >= 11 is 0. The fourth-order valence-electron chi connectivity index (χ4n) is 1.25. The number of methoxy groups -OCH3 is 1. The standard InChI is InChI=1S/C10H14N2O4S/c1-7(10(13)16-2)12-8-4-3-5-9(6-8)17(11,14)15/h3-7,12H,1-2H3,(H2,11,14,15). The van der Waals surface area contributed by atoms with Crippen LogP contribution in [-0.2, 0) is 19.6 Å². The number of hydrogen-bond acceptors (Lipinski definition) is 5. The fraction of sp³-hybridized carbons (Fsp3) is 0.300. The highest BCUT2D eigenvalue weighted by atomic mass is 32.2. The highest BCUT2D eigenvalue weighted by molar-refractivity contribution is 7.89. The molecule has 1 aromatic rings. The Hall–Kier alpha value is -1.60. The topological polar surface area (TPSA) is 98.5 Å². The van der Waals surface area contributed by atoms with Gasteiger partial charge in [-0.05, 0) is 25.1 Å². The third kappa shape index (κ3) is 3.72. The number of sulfonamides is 1. The summed E-state index contributed by atoms with van der Waals surface area (Å²) in [5.41, 5.74) is 0.481. The van der Waals surface area contributed by atoms with Gasteiger partial charge in [-0.15, -0.1) is 0 Å². The highest BCUT2D eigenvalue weighted by Crippen LogP contribution is 2.15. The number of anilines is 1. The number of hydrogen-bond donors (Lipinski definition) is 2. The number of nitrogens with two attached hydrogens (primary N) is 1. The minimum atomic E-state index is -3.74. The summed E-state index contributed by atoms with van der Waals surface area (Å²) in [6.45, 7) is 1.61. The third-order valence-corrected chi connectivity index (χ3v) is 3.01. The van der Waals surface area contributed by atoms with Gasteiger partial charge in [0.1, 0.15) is 6.04 Å². The molecule has 0 heterocycles. The van der Waals surface area contributed by atoms with E-state index in [1.807, 2.05) is 0 Å². The number of benzene rings is 1. The maximum absolute atomic E-state index is 11.2. The Bertz CT molecular complexity index is 513. The van der Waals surface area contributed by atoms with Crippen LogP contribution >= 0.6 is 0 Å². The molecule has 6 nitrogen and oxygen atoms in total. The minimum Gasteiger partial charge on any atom is -0.467 e. The molecule has 0 radical (unpaired) electrons. The monoisotopic (exact) mass is 258 g/mol. The summed E-state index contributed by atoms with van der Waals surface area (Å²) in [5.74, 6) is -0.439. The first-order valence-electron chi connectivity index (χ1n) is 4.82. The molecule has 17 heavy (non-hydrogen) atoms. The lowest BCUT2D eigenvalue weighted by Gasteiger charge is -2.13. The van der Waals surface area contributed by atoms with Crippen LogP contribution in [0, 0.1) is 0 Å². The van der Waals surface area contributed by atoms with Crippen LogP contribution in [0.4, 0.5) is 5.69 Å². The fourth-order valence-corrected chi connectivity index (χ4v) is 1.81. The molecule has 7 heteroatoms. The molecule has 0 spiro atoms. The second kappa shape index (κ2) is 5.15. The SMILES string of the molecule is COC(=O)C(C)Nc1cccc(S(N)(=O)=O)c1. The number of carbonyl (C=O) groups excluding carboxylic acids is 1. The van der Waals surface area contributed by atoms with E-state index < -0.39 is 22.0 Å². The van der Waals surface area contributed by atoms with Crippen molar-refractivity contribution in [3.8, 4) is 0 Å². The molecule has 3 N–H and O–H groups in total. The number of nitrogens with one attached hydrogen (secondary N) is 1. The van der Waals surface area contributed by atoms with Gasteiger partial charge in [-0.2, -0.15) is 0 Å². The summed E-state index contributed by atoms with van der Waals surface area (Å²) in [4.78, 5) is 11.2. The molecule has 0 saturated carbocycles. The van der Waals surface area contributed by atoms with E-state index in [-0.39, 0.29) is 4.90 Å².